The Morgan fingerprint density at radius 1 is 1.15 bits per heavy atom. The van der Waals surface area contributed by atoms with E-state index in [9.17, 15) is 9.18 Å². The maximum absolute atomic E-state index is 13.4. The first-order valence-corrected chi connectivity index (χ1v) is 11.6. The maximum atomic E-state index is 13.4. The number of nitrogens with zero attached hydrogens (tertiary/aromatic N) is 2. The van der Waals surface area contributed by atoms with E-state index in [2.05, 4.69) is 20.5 Å². The number of nitrogens with one attached hydrogen (secondary N) is 2. The summed E-state index contributed by atoms with van der Waals surface area (Å²) in [5.74, 6) is 0.657. The molecule has 1 aliphatic rings. The number of pyridine rings is 1. The van der Waals surface area contributed by atoms with E-state index < -0.39 is 5.82 Å². The van der Waals surface area contributed by atoms with Crippen LogP contribution in [0.1, 0.15) is 32.1 Å². The van der Waals surface area contributed by atoms with Gasteiger partial charge in [0.2, 0.25) is 5.91 Å². The molecule has 0 bridgehead atoms. The zero-order valence-electron chi connectivity index (χ0n) is 18.7. The molecular weight excluding hydrogens is 443 g/mol. The van der Waals surface area contributed by atoms with Crippen molar-refractivity contribution in [3.63, 3.8) is 0 Å². The van der Waals surface area contributed by atoms with Gasteiger partial charge in [-0.3, -0.25) is 4.79 Å². The highest BCUT2D eigenvalue weighted by molar-refractivity contribution is 6.33. The molecule has 8 heteroatoms. The number of hydrogen-bond donors (Lipinski definition) is 2. The van der Waals surface area contributed by atoms with Crippen LogP contribution in [0, 0.1) is 5.82 Å². The summed E-state index contributed by atoms with van der Waals surface area (Å²) in [5.41, 5.74) is 1.12. The van der Waals surface area contributed by atoms with Gasteiger partial charge in [0.15, 0.2) is 0 Å². The van der Waals surface area contributed by atoms with Crippen LogP contribution >= 0.6 is 11.6 Å². The lowest BCUT2D eigenvalue weighted by atomic mass is 10.1. The lowest BCUT2D eigenvalue weighted by molar-refractivity contribution is -0.116. The molecule has 0 unspecified atom stereocenters. The average Bonchev–Trinajstić information content (AvgIpc) is 2.81. The highest BCUT2D eigenvalue weighted by Crippen LogP contribution is 2.35. The molecule has 1 amide bonds. The summed E-state index contributed by atoms with van der Waals surface area (Å²) in [4.78, 5) is 19.5. The Balaban J connectivity index is 1.51. The lowest BCUT2D eigenvalue weighted by Gasteiger charge is -2.26. The summed E-state index contributed by atoms with van der Waals surface area (Å²) < 4.78 is 18.9. The molecule has 1 saturated heterocycles. The number of carbonyl (C=O) groups excluding carboxylic acids is 1. The van der Waals surface area contributed by atoms with Crippen molar-refractivity contribution in [1.82, 2.24) is 9.88 Å². The van der Waals surface area contributed by atoms with Crippen LogP contribution in [-0.4, -0.2) is 42.5 Å². The Morgan fingerprint density at radius 3 is 2.73 bits per heavy atom. The van der Waals surface area contributed by atoms with Crippen molar-refractivity contribution in [3.05, 3.63) is 53.4 Å². The highest BCUT2D eigenvalue weighted by atomic mass is 35.5. The number of aromatic nitrogens is 1. The smallest absolute Gasteiger partial charge is 0.224 e. The first kappa shape index (κ1) is 23.3. The molecule has 33 heavy (non-hydrogen) atoms. The molecular formula is C25H28ClFN4O2. The molecule has 0 atom stereocenters. The van der Waals surface area contributed by atoms with Crippen LogP contribution in [0.2, 0.25) is 5.02 Å². The summed E-state index contributed by atoms with van der Waals surface area (Å²) in [7, 11) is 1.58. The SMILES string of the molecule is COc1cc2ccnc(Nc3ccc(F)cc3Cl)c2cc1NC(=O)CCCN1CCCCC1. The summed E-state index contributed by atoms with van der Waals surface area (Å²) in [6.07, 6.45) is 6.72. The van der Waals surface area contributed by atoms with Gasteiger partial charge in [-0.15, -0.1) is 0 Å². The second-order valence-corrected chi connectivity index (χ2v) is 8.64. The fourth-order valence-electron chi connectivity index (χ4n) is 4.14. The van der Waals surface area contributed by atoms with Crippen LogP contribution in [0.3, 0.4) is 0 Å². The molecule has 2 aromatic carbocycles. The Morgan fingerprint density at radius 2 is 1.97 bits per heavy atom. The zero-order chi connectivity index (χ0) is 23.2. The number of amides is 1. The number of rotatable bonds is 8. The van der Waals surface area contributed by atoms with Gasteiger partial charge in [0.25, 0.3) is 0 Å². The second-order valence-electron chi connectivity index (χ2n) is 8.24. The van der Waals surface area contributed by atoms with Crippen molar-refractivity contribution < 1.29 is 13.9 Å². The standard InChI is InChI=1S/C25H28ClFN4O2/c1-33-23-14-17-9-10-28-25(30-21-8-7-18(27)15-20(21)26)19(17)16-22(23)29-24(32)6-5-13-31-11-3-2-4-12-31/h7-10,14-16H,2-6,11-13H2,1H3,(H,28,30)(H,29,32). The number of benzene rings is 2. The topological polar surface area (TPSA) is 66.5 Å². The van der Waals surface area contributed by atoms with Crippen LogP contribution in [0.25, 0.3) is 10.8 Å². The number of likely N-dealkylation sites (tertiary alicyclic amines) is 1. The van der Waals surface area contributed by atoms with E-state index in [0.29, 0.717) is 29.4 Å². The van der Waals surface area contributed by atoms with E-state index in [1.165, 1.54) is 31.4 Å². The number of piperidine rings is 1. The number of halogens is 2. The zero-order valence-corrected chi connectivity index (χ0v) is 19.4. The second kappa shape index (κ2) is 10.8. The Labute approximate surface area is 198 Å². The molecule has 0 spiro atoms. The van der Waals surface area contributed by atoms with Crippen molar-refractivity contribution in [1.29, 1.82) is 0 Å². The molecule has 3 aromatic rings. The van der Waals surface area contributed by atoms with Gasteiger partial charge in [0.05, 0.1) is 23.5 Å². The number of hydrogen-bond acceptors (Lipinski definition) is 5. The van der Waals surface area contributed by atoms with Crippen molar-refractivity contribution in [3.8, 4) is 5.75 Å². The minimum atomic E-state index is -0.411. The Bertz CT molecular complexity index is 1130. The molecule has 2 N–H and O–H groups in total. The van der Waals surface area contributed by atoms with Gasteiger partial charge in [-0.2, -0.15) is 0 Å². The van der Waals surface area contributed by atoms with E-state index in [-0.39, 0.29) is 10.9 Å². The fraction of sp³-hybridized carbons (Fsp3) is 0.360. The average molecular weight is 471 g/mol. The minimum Gasteiger partial charge on any atom is -0.495 e. The first-order chi connectivity index (χ1) is 16.0. The van der Waals surface area contributed by atoms with Crippen molar-refractivity contribution >= 4 is 45.5 Å². The van der Waals surface area contributed by atoms with Crippen molar-refractivity contribution in [2.45, 2.75) is 32.1 Å². The normalized spacial score (nSPS) is 14.3. The summed E-state index contributed by atoms with van der Waals surface area (Å²) in [6, 6.07) is 9.69. The van der Waals surface area contributed by atoms with Gasteiger partial charge >= 0.3 is 0 Å². The molecule has 2 heterocycles. The number of anilines is 3. The van der Waals surface area contributed by atoms with E-state index in [1.54, 1.807) is 19.4 Å². The molecule has 174 valence electrons. The van der Waals surface area contributed by atoms with Crippen LogP contribution in [0.15, 0.2) is 42.6 Å². The molecule has 1 aliphatic heterocycles. The Hall–Kier alpha value is -2.90. The quantitative estimate of drug-likeness (QED) is 0.423. The number of fused-ring (bicyclic) bond motifs is 1. The fourth-order valence-corrected chi connectivity index (χ4v) is 4.36. The van der Waals surface area contributed by atoms with E-state index in [1.807, 2.05) is 18.2 Å². The highest BCUT2D eigenvalue weighted by Gasteiger charge is 2.14. The van der Waals surface area contributed by atoms with Crippen LogP contribution in [0.5, 0.6) is 5.75 Å². The Kier molecular flexibility index (Phi) is 7.62. The van der Waals surface area contributed by atoms with Crippen LogP contribution in [0.4, 0.5) is 21.6 Å². The summed E-state index contributed by atoms with van der Waals surface area (Å²) in [5, 5.41) is 8.06. The van der Waals surface area contributed by atoms with Crippen molar-refractivity contribution in [2.24, 2.45) is 0 Å². The summed E-state index contributed by atoms with van der Waals surface area (Å²) in [6.45, 7) is 3.20. The summed E-state index contributed by atoms with van der Waals surface area (Å²) >= 11 is 6.17. The van der Waals surface area contributed by atoms with Crippen LogP contribution in [-0.2, 0) is 4.79 Å². The minimum absolute atomic E-state index is 0.0513. The predicted molar refractivity (Wildman–Crippen MR) is 131 cm³/mol. The number of ether oxygens (including phenoxy) is 1. The van der Waals surface area contributed by atoms with Gasteiger partial charge in [-0.25, -0.2) is 9.37 Å². The third-order valence-corrected chi connectivity index (χ3v) is 6.18. The third-order valence-electron chi connectivity index (χ3n) is 5.87. The molecule has 0 saturated carbocycles. The monoisotopic (exact) mass is 470 g/mol. The third kappa shape index (κ3) is 5.92. The largest absolute Gasteiger partial charge is 0.495 e. The molecule has 4 rings (SSSR count). The van der Waals surface area contributed by atoms with E-state index >= 15 is 0 Å². The lowest BCUT2D eigenvalue weighted by Crippen LogP contribution is -2.31. The predicted octanol–water partition coefficient (Wildman–Crippen LogP) is 5.98. The molecule has 6 nitrogen and oxygen atoms in total. The molecule has 1 aromatic heterocycles. The molecule has 1 fully saturated rings. The van der Waals surface area contributed by atoms with Gasteiger partial charge in [-0.05, 0) is 80.7 Å². The van der Waals surface area contributed by atoms with Crippen LogP contribution < -0.4 is 15.4 Å². The van der Waals surface area contributed by atoms with E-state index in [4.69, 9.17) is 16.3 Å². The maximum Gasteiger partial charge on any atom is 0.224 e. The first-order valence-electron chi connectivity index (χ1n) is 11.2. The number of methoxy groups -OCH3 is 1. The number of carbonyl (C=O) groups is 1. The van der Waals surface area contributed by atoms with Gasteiger partial charge in [0, 0.05) is 18.0 Å². The van der Waals surface area contributed by atoms with E-state index in [0.717, 1.165) is 36.8 Å². The van der Waals surface area contributed by atoms with Crippen molar-refractivity contribution in [2.75, 3.05) is 37.4 Å². The molecule has 0 aliphatic carbocycles. The molecule has 0 radical (unpaired) electrons. The van der Waals surface area contributed by atoms with Gasteiger partial charge in [0.1, 0.15) is 17.4 Å². The van der Waals surface area contributed by atoms with Gasteiger partial charge < -0.3 is 20.3 Å². The van der Waals surface area contributed by atoms with Gasteiger partial charge in [-0.1, -0.05) is 18.0 Å².